The lowest BCUT2D eigenvalue weighted by Gasteiger charge is -2.33. The highest BCUT2D eigenvalue weighted by Gasteiger charge is 2.32. The number of aromatic nitrogens is 1. The van der Waals surface area contributed by atoms with E-state index in [4.69, 9.17) is 4.74 Å². The minimum Gasteiger partial charge on any atom is -0.461 e. The summed E-state index contributed by atoms with van der Waals surface area (Å²) in [6.07, 6.45) is 3.22. The van der Waals surface area contributed by atoms with Crippen molar-refractivity contribution in [2.45, 2.75) is 59.5 Å². The Bertz CT molecular complexity index is 854. The molecule has 1 saturated heterocycles. The van der Waals surface area contributed by atoms with Gasteiger partial charge < -0.3 is 14.2 Å². The Morgan fingerprint density at radius 2 is 1.86 bits per heavy atom. The molecule has 0 bridgehead atoms. The van der Waals surface area contributed by atoms with Crippen LogP contribution in [-0.2, 0) is 11.3 Å². The number of ether oxygens (including phenoxy) is 1. The van der Waals surface area contributed by atoms with Crippen molar-refractivity contribution in [3.05, 3.63) is 58.4 Å². The molecule has 1 aromatic heterocycles. The molecule has 3 rings (SSSR count). The monoisotopic (exact) mass is 382 g/mol. The summed E-state index contributed by atoms with van der Waals surface area (Å²) in [4.78, 5) is 28.1. The minimum atomic E-state index is -0.371. The van der Waals surface area contributed by atoms with Gasteiger partial charge in [0.2, 0.25) is 0 Å². The molecule has 1 aromatic carbocycles. The third-order valence-corrected chi connectivity index (χ3v) is 5.70. The first-order valence-corrected chi connectivity index (χ1v) is 10.2. The van der Waals surface area contributed by atoms with Gasteiger partial charge in [-0.1, -0.05) is 30.3 Å². The molecule has 1 amide bonds. The SMILES string of the molecule is CCOC(=O)c1c(C)c(C(=O)N2CCCCC2C)c(C)n1Cc1ccccc1. The zero-order valence-corrected chi connectivity index (χ0v) is 17.3. The maximum Gasteiger partial charge on any atom is 0.355 e. The van der Waals surface area contributed by atoms with Crippen molar-refractivity contribution >= 4 is 11.9 Å². The maximum absolute atomic E-state index is 13.4. The second-order valence-electron chi connectivity index (χ2n) is 7.57. The molecular formula is C23H30N2O3. The van der Waals surface area contributed by atoms with Gasteiger partial charge in [0.1, 0.15) is 5.69 Å². The Labute approximate surface area is 167 Å². The average molecular weight is 383 g/mol. The highest BCUT2D eigenvalue weighted by Crippen LogP contribution is 2.28. The van der Waals surface area contributed by atoms with E-state index in [-0.39, 0.29) is 17.9 Å². The Morgan fingerprint density at radius 3 is 2.50 bits per heavy atom. The quantitative estimate of drug-likeness (QED) is 0.723. The largest absolute Gasteiger partial charge is 0.461 e. The van der Waals surface area contributed by atoms with Crippen LogP contribution in [0.3, 0.4) is 0 Å². The molecule has 0 saturated carbocycles. The molecule has 2 aromatic rings. The first-order valence-electron chi connectivity index (χ1n) is 10.2. The summed E-state index contributed by atoms with van der Waals surface area (Å²) >= 11 is 0. The third-order valence-electron chi connectivity index (χ3n) is 5.70. The number of nitrogens with zero attached hydrogens (tertiary/aromatic N) is 2. The van der Waals surface area contributed by atoms with Crippen LogP contribution in [0.25, 0.3) is 0 Å². The molecule has 1 unspecified atom stereocenters. The maximum atomic E-state index is 13.4. The Morgan fingerprint density at radius 1 is 1.14 bits per heavy atom. The van der Waals surface area contributed by atoms with Gasteiger partial charge in [0, 0.05) is 24.8 Å². The lowest BCUT2D eigenvalue weighted by molar-refractivity contribution is 0.0513. The van der Waals surface area contributed by atoms with Crippen LogP contribution < -0.4 is 0 Å². The van der Waals surface area contributed by atoms with Gasteiger partial charge in [-0.3, -0.25) is 4.79 Å². The van der Waals surface area contributed by atoms with Gasteiger partial charge in [-0.2, -0.15) is 0 Å². The number of hydrogen-bond donors (Lipinski definition) is 0. The fraction of sp³-hybridized carbons (Fsp3) is 0.478. The van der Waals surface area contributed by atoms with E-state index < -0.39 is 0 Å². The Hall–Kier alpha value is -2.56. The van der Waals surface area contributed by atoms with E-state index in [2.05, 4.69) is 6.92 Å². The van der Waals surface area contributed by atoms with Crippen molar-refractivity contribution in [2.75, 3.05) is 13.2 Å². The fourth-order valence-corrected chi connectivity index (χ4v) is 4.18. The van der Waals surface area contributed by atoms with Gasteiger partial charge in [-0.25, -0.2) is 4.79 Å². The fourth-order valence-electron chi connectivity index (χ4n) is 4.18. The van der Waals surface area contributed by atoms with Crippen LogP contribution >= 0.6 is 0 Å². The van der Waals surface area contributed by atoms with Crippen LogP contribution in [-0.4, -0.2) is 40.5 Å². The second-order valence-corrected chi connectivity index (χ2v) is 7.57. The number of benzene rings is 1. The van der Waals surface area contributed by atoms with E-state index in [1.165, 1.54) is 0 Å². The molecule has 1 aliphatic heterocycles. The zero-order valence-electron chi connectivity index (χ0n) is 17.3. The summed E-state index contributed by atoms with van der Waals surface area (Å²) in [6.45, 7) is 9.31. The van der Waals surface area contributed by atoms with Gasteiger partial charge in [0.25, 0.3) is 5.91 Å². The molecule has 1 atom stereocenters. The van der Waals surface area contributed by atoms with Crippen molar-refractivity contribution in [2.24, 2.45) is 0 Å². The first-order chi connectivity index (χ1) is 13.5. The van der Waals surface area contributed by atoms with Crippen LogP contribution in [0.4, 0.5) is 0 Å². The van der Waals surface area contributed by atoms with E-state index in [9.17, 15) is 9.59 Å². The summed E-state index contributed by atoms with van der Waals surface area (Å²) < 4.78 is 7.25. The van der Waals surface area contributed by atoms with E-state index in [1.807, 2.05) is 53.6 Å². The Balaban J connectivity index is 2.06. The molecule has 150 valence electrons. The van der Waals surface area contributed by atoms with Crippen molar-refractivity contribution in [1.82, 2.24) is 9.47 Å². The number of piperidine rings is 1. The molecule has 28 heavy (non-hydrogen) atoms. The molecule has 5 heteroatoms. The smallest absolute Gasteiger partial charge is 0.355 e. The molecule has 1 aliphatic rings. The number of hydrogen-bond acceptors (Lipinski definition) is 3. The van der Waals surface area contributed by atoms with Crippen molar-refractivity contribution in [1.29, 1.82) is 0 Å². The molecule has 0 radical (unpaired) electrons. The van der Waals surface area contributed by atoms with Gasteiger partial charge in [-0.15, -0.1) is 0 Å². The normalized spacial score (nSPS) is 16.9. The molecule has 2 heterocycles. The van der Waals surface area contributed by atoms with E-state index >= 15 is 0 Å². The summed E-state index contributed by atoms with van der Waals surface area (Å²) in [5.41, 5.74) is 3.75. The number of rotatable bonds is 5. The lowest BCUT2D eigenvalue weighted by Crippen LogP contribution is -2.42. The van der Waals surface area contributed by atoms with Gasteiger partial charge >= 0.3 is 5.97 Å². The van der Waals surface area contributed by atoms with Gasteiger partial charge in [0.15, 0.2) is 0 Å². The van der Waals surface area contributed by atoms with Gasteiger partial charge in [0.05, 0.1) is 12.2 Å². The third kappa shape index (κ3) is 3.84. The van der Waals surface area contributed by atoms with Crippen molar-refractivity contribution in [3.8, 4) is 0 Å². The molecule has 0 N–H and O–H groups in total. The van der Waals surface area contributed by atoms with E-state index in [0.717, 1.165) is 42.6 Å². The Kier molecular flexibility index (Phi) is 6.22. The zero-order chi connectivity index (χ0) is 20.3. The van der Waals surface area contributed by atoms with Gasteiger partial charge in [-0.05, 0) is 58.1 Å². The summed E-state index contributed by atoms with van der Waals surface area (Å²) in [6, 6.07) is 10.2. The standard InChI is InChI=1S/C23H30N2O3/c1-5-28-23(27)21-17(3)20(22(26)24-14-10-9-11-16(24)2)18(4)25(21)15-19-12-7-6-8-13-19/h6-8,12-13,16H,5,9-11,14-15H2,1-4H3. The highest BCUT2D eigenvalue weighted by molar-refractivity contribution is 6.01. The van der Waals surface area contributed by atoms with Crippen LogP contribution in [0.5, 0.6) is 0 Å². The number of likely N-dealkylation sites (tertiary alicyclic amines) is 1. The average Bonchev–Trinajstić information content (AvgIpc) is 2.92. The first kappa shape index (κ1) is 20.2. The number of esters is 1. The van der Waals surface area contributed by atoms with Crippen LogP contribution in [0.2, 0.25) is 0 Å². The number of carbonyl (C=O) groups excluding carboxylic acids is 2. The molecule has 5 nitrogen and oxygen atoms in total. The van der Waals surface area contributed by atoms with Crippen LogP contribution in [0, 0.1) is 13.8 Å². The summed E-state index contributed by atoms with van der Waals surface area (Å²) in [7, 11) is 0. The summed E-state index contributed by atoms with van der Waals surface area (Å²) in [5, 5.41) is 0. The van der Waals surface area contributed by atoms with E-state index in [1.54, 1.807) is 6.92 Å². The number of carbonyl (C=O) groups is 2. The molecule has 1 fully saturated rings. The van der Waals surface area contributed by atoms with Crippen LogP contribution in [0.1, 0.15) is 70.8 Å². The second kappa shape index (κ2) is 8.63. The van der Waals surface area contributed by atoms with Crippen molar-refractivity contribution in [3.63, 3.8) is 0 Å². The lowest BCUT2D eigenvalue weighted by atomic mass is 10.0. The molecule has 0 aliphatic carbocycles. The molecule has 0 spiro atoms. The number of amides is 1. The highest BCUT2D eigenvalue weighted by atomic mass is 16.5. The molecular weight excluding hydrogens is 352 g/mol. The topological polar surface area (TPSA) is 51.5 Å². The predicted octanol–water partition coefficient (Wildman–Crippen LogP) is 4.34. The summed E-state index contributed by atoms with van der Waals surface area (Å²) in [5.74, 6) is -0.343. The minimum absolute atomic E-state index is 0.0274. The predicted molar refractivity (Wildman–Crippen MR) is 110 cm³/mol. The van der Waals surface area contributed by atoms with E-state index in [0.29, 0.717) is 24.4 Å². The van der Waals surface area contributed by atoms with Crippen molar-refractivity contribution < 1.29 is 14.3 Å². The van der Waals surface area contributed by atoms with Crippen LogP contribution in [0.15, 0.2) is 30.3 Å².